The molecular weight excluding hydrogens is 268 g/mol. The van der Waals surface area contributed by atoms with E-state index in [2.05, 4.69) is 5.32 Å². The fourth-order valence-electron chi connectivity index (χ4n) is 3.32. The fraction of sp³-hybridized carbons (Fsp3) is 0.875. The molecule has 0 bridgehead atoms. The molecule has 0 radical (unpaired) electrons. The Bertz CT molecular complexity index is 367. The van der Waals surface area contributed by atoms with Crippen molar-refractivity contribution in [1.29, 1.82) is 0 Å². The van der Waals surface area contributed by atoms with Gasteiger partial charge in [-0.1, -0.05) is 33.1 Å². The number of ether oxygens (including phenoxy) is 1. The molecule has 120 valence electrons. The molecule has 2 unspecified atom stereocenters. The van der Waals surface area contributed by atoms with Crippen molar-refractivity contribution in [2.24, 2.45) is 0 Å². The summed E-state index contributed by atoms with van der Waals surface area (Å²) in [5.74, 6) is 0.0119. The van der Waals surface area contributed by atoms with Gasteiger partial charge in [0.25, 0.3) is 0 Å². The zero-order valence-corrected chi connectivity index (χ0v) is 13.3. The third kappa shape index (κ3) is 3.96. The van der Waals surface area contributed by atoms with Crippen LogP contribution in [0.1, 0.15) is 58.8 Å². The smallest absolute Gasteiger partial charge is 0.245 e. The van der Waals surface area contributed by atoms with Crippen molar-refractivity contribution in [1.82, 2.24) is 10.2 Å². The summed E-state index contributed by atoms with van der Waals surface area (Å²) in [5.41, 5.74) is 0. The quantitative estimate of drug-likeness (QED) is 0.814. The number of hydrogen-bond donors (Lipinski definition) is 1. The molecule has 2 atom stereocenters. The molecule has 2 rings (SSSR count). The summed E-state index contributed by atoms with van der Waals surface area (Å²) in [5, 5.41) is 2.82. The van der Waals surface area contributed by atoms with Crippen molar-refractivity contribution < 1.29 is 14.3 Å². The maximum atomic E-state index is 12.4. The van der Waals surface area contributed by atoms with E-state index >= 15 is 0 Å². The number of carbonyl (C=O) groups is 2. The van der Waals surface area contributed by atoms with Crippen LogP contribution >= 0.6 is 0 Å². The van der Waals surface area contributed by atoms with Crippen LogP contribution in [0.5, 0.6) is 0 Å². The molecule has 1 saturated heterocycles. The molecule has 0 aromatic rings. The van der Waals surface area contributed by atoms with Crippen molar-refractivity contribution in [3.05, 3.63) is 0 Å². The number of nitrogens with zero attached hydrogens (tertiary/aromatic N) is 1. The second kappa shape index (κ2) is 7.78. The standard InChI is InChI=1S/C16H28N2O3/c1-3-13-16(20)18(14(4-2)15(19)17-13)10-11-21-12-8-6-5-7-9-12/h12-14H,3-11H2,1-2H3,(H,17,19). The number of hydrogen-bond acceptors (Lipinski definition) is 3. The third-order valence-corrected chi connectivity index (χ3v) is 4.61. The monoisotopic (exact) mass is 296 g/mol. The third-order valence-electron chi connectivity index (χ3n) is 4.61. The Labute approximate surface area is 127 Å². The number of rotatable bonds is 6. The highest BCUT2D eigenvalue weighted by Crippen LogP contribution is 2.20. The van der Waals surface area contributed by atoms with Gasteiger partial charge in [-0.25, -0.2) is 0 Å². The minimum Gasteiger partial charge on any atom is -0.376 e. The molecule has 1 aliphatic carbocycles. The largest absolute Gasteiger partial charge is 0.376 e. The maximum Gasteiger partial charge on any atom is 0.245 e. The first-order valence-electron chi connectivity index (χ1n) is 8.39. The number of piperazine rings is 1. The number of carbonyl (C=O) groups excluding carboxylic acids is 2. The van der Waals surface area contributed by atoms with E-state index in [0.29, 0.717) is 32.1 Å². The van der Waals surface area contributed by atoms with E-state index in [0.717, 1.165) is 12.8 Å². The van der Waals surface area contributed by atoms with Gasteiger partial charge in [0.05, 0.1) is 12.7 Å². The Morgan fingerprint density at radius 1 is 1.14 bits per heavy atom. The second-order valence-electron chi connectivity index (χ2n) is 6.06. The average Bonchev–Trinajstić information content (AvgIpc) is 2.51. The van der Waals surface area contributed by atoms with E-state index in [9.17, 15) is 9.59 Å². The molecule has 1 aliphatic heterocycles. The number of amides is 2. The molecule has 1 saturated carbocycles. The average molecular weight is 296 g/mol. The summed E-state index contributed by atoms with van der Waals surface area (Å²) in [7, 11) is 0. The molecule has 2 fully saturated rings. The van der Waals surface area contributed by atoms with Crippen molar-refractivity contribution in [2.75, 3.05) is 13.2 Å². The minimum absolute atomic E-state index is 0.0263. The van der Waals surface area contributed by atoms with Crippen molar-refractivity contribution in [2.45, 2.75) is 77.0 Å². The molecule has 5 heteroatoms. The van der Waals surface area contributed by atoms with Crippen LogP contribution in [0.2, 0.25) is 0 Å². The number of nitrogens with one attached hydrogen (secondary N) is 1. The summed E-state index contributed by atoms with van der Waals surface area (Å²) in [6.07, 6.45) is 7.68. The predicted octanol–water partition coefficient (Wildman–Crippen LogP) is 1.85. The fourth-order valence-corrected chi connectivity index (χ4v) is 3.32. The Kier molecular flexibility index (Phi) is 6.03. The molecule has 0 aromatic carbocycles. The molecule has 0 aromatic heterocycles. The molecule has 21 heavy (non-hydrogen) atoms. The van der Waals surface area contributed by atoms with Gasteiger partial charge in [-0.3, -0.25) is 9.59 Å². The van der Waals surface area contributed by atoms with Crippen LogP contribution in [0, 0.1) is 0 Å². The van der Waals surface area contributed by atoms with E-state index < -0.39 is 0 Å². The van der Waals surface area contributed by atoms with Crippen LogP contribution in [-0.4, -0.2) is 48.1 Å². The topological polar surface area (TPSA) is 58.6 Å². The maximum absolute atomic E-state index is 12.4. The summed E-state index contributed by atoms with van der Waals surface area (Å²) in [4.78, 5) is 26.2. The van der Waals surface area contributed by atoms with Crippen LogP contribution in [0.15, 0.2) is 0 Å². The summed E-state index contributed by atoms with van der Waals surface area (Å²) >= 11 is 0. The van der Waals surface area contributed by atoms with E-state index in [1.807, 2.05) is 13.8 Å². The van der Waals surface area contributed by atoms with Crippen LogP contribution in [0.4, 0.5) is 0 Å². The molecular formula is C16H28N2O3. The highest BCUT2D eigenvalue weighted by Gasteiger charge is 2.38. The van der Waals surface area contributed by atoms with Gasteiger partial charge in [-0.05, 0) is 25.7 Å². The van der Waals surface area contributed by atoms with Crippen molar-refractivity contribution in [3.63, 3.8) is 0 Å². The first-order valence-corrected chi connectivity index (χ1v) is 8.39. The van der Waals surface area contributed by atoms with Gasteiger partial charge in [-0.2, -0.15) is 0 Å². The SMILES string of the molecule is CCC1NC(=O)C(CC)N(CCOC2CCCCC2)C1=O. The Hall–Kier alpha value is -1.10. The zero-order valence-electron chi connectivity index (χ0n) is 13.3. The zero-order chi connectivity index (χ0) is 15.2. The molecule has 5 nitrogen and oxygen atoms in total. The van der Waals surface area contributed by atoms with Crippen LogP contribution in [-0.2, 0) is 14.3 Å². The first kappa shape index (κ1) is 16.3. The van der Waals surface area contributed by atoms with E-state index in [-0.39, 0.29) is 23.9 Å². The lowest BCUT2D eigenvalue weighted by atomic mass is 9.98. The molecule has 1 heterocycles. The van der Waals surface area contributed by atoms with Crippen molar-refractivity contribution >= 4 is 11.8 Å². The molecule has 1 N–H and O–H groups in total. The van der Waals surface area contributed by atoms with Crippen LogP contribution in [0.3, 0.4) is 0 Å². The van der Waals surface area contributed by atoms with Crippen LogP contribution in [0.25, 0.3) is 0 Å². The van der Waals surface area contributed by atoms with Gasteiger partial charge < -0.3 is 15.0 Å². The van der Waals surface area contributed by atoms with Gasteiger partial charge >= 0.3 is 0 Å². The summed E-state index contributed by atoms with van der Waals surface area (Å²) in [6.45, 7) is 4.93. The second-order valence-corrected chi connectivity index (χ2v) is 6.06. The lowest BCUT2D eigenvalue weighted by Crippen LogP contribution is -2.63. The predicted molar refractivity (Wildman–Crippen MR) is 80.8 cm³/mol. The minimum atomic E-state index is -0.366. The van der Waals surface area contributed by atoms with E-state index in [4.69, 9.17) is 4.74 Å². The van der Waals surface area contributed by atoms with Gasteiger partial charge in [-0.15, -0.1) is 0 Å². The van der Waals surface area contributed by atoms with Gasteiger partial charge in [0.2, 0.25) is 11.8 Å². The van der Waals surface area contributed by atoms with Crippen LogP contribution < -0.4 is 5.32 Å². The molecule has 2 amide bonds. The summed E-state index contributed by atoms with van der Waals surface area (Å²) in [6, 6.07) is -0.703. The highest BCUT2D eigenvalue weighted by atomic mass is 16.5. The molecule has 0 spiro atoms. The van der Waals surface area contributed by atoms with Gasteiger partial charge in [0.15, 0.2) is 0 Å². The lowest BCUT2D eigenvalue weighted by Gasteiger charge is -2.38. The van der Waals surface area contributed by atoms with Gasteiger partial charge in [0.1, 0.15) is 12.1 Å². The normalized spacial score (nSPS) is 27.8. The Balaban J connectivity index is 1.87. The molecule has 2 aliphatic rings. The summed E-state index contributed by atoms with van der Waals surface area (Å²) < 4.78 is 5.91. The Morgan fingerprint density at radius 2 is 1.86 bits per heavy atom. The van der Waals surface area contributed by atoms with Crippen molar-refractivity contribution in [3.8, 4) is 0 Å². The van der Waals surface area contributed by atoms with E-state index in [1.165, 1.54) is 19.3 Å². The van der Waals surface area contributed by atoms with Gasteiger partial charge in [0, 0.05) is 6.54 Å². The highest BCUT2D eigenvalue weighted by molar-refractivity contribution is 5.96. The lowest BCUT2D eigenvalue weighted by molar-refractivity contribution is -0.150. The first-order chi connectivity index (χ1) is 10.2. The Morgan fingerprint density at radius 3 is 2.48 bits per heavy atom. The van der Waals surface area contributed by atoms with E-state index in [1.54, 1.807) is 4.90 Å².